The van der Waals surface area contributed by atoms with E-state index in [2.05, 4.69) is 15.2 Å². The zero-order valence-electron chi connectivity index (χ0n) is 15.9. The number of amides is 2. The lowest BCUT2D eigenvalue weighted by Crippen LogP contribution is -2.51. The average Bonchev–Trinajstić information content (AvgIpc) is 3.50. The predicted octanol–water partition coefficient (Wildman–Crippen LogP) is 2.47. The molecule has 2 aliphatic rings. The van der Waals surface area contributed by atoms with Crippen LogP contribution in [0.15, 0.2) is 28.2 Å². The third-order valence-electron chi connectivity index (χ3n) is 5.57. The Morgan fingerprint density at radius 3 is 2.71 bits per heavy atom. The topological polar surface area (TPSA) is 78.7 Å². The van der Waals surface area contributed by atoms with Gasteiger partial charge in [-0.3, -0.25) is 14.5 Å². The van der Waals surface area contributed by atoms with Crippen molar-refractivity contribution in [3.63, 3.8) is 0 Å². The minimum absolute atomic E-state index is 0.163. The molecule has 1 aliphatic carbocycles. The summed E-state index contributed by atoms with van der Waals surface area (Å²) in [6.45, 7) is 4.68. The Labute approximate surface area is 168 Å². The molecule has 7 nitrogen and oxygen atoms in total. The van der Waals surface area contributed by atoms with E-state index in [1.54, 1.807) is 17.7 Å². The van der Waals surface area contributed by atoms with Gasteiger partial charge in [-0.05, 0) is 25.0 Å². The van der Waals surface area contributed by atoms with Crippen LogP contribution in [0.25, 0.3) is 10.8 Å². The van der Waals surface area contributed by atoms with Crippen LogP contribution in [0.2, 0.25) is 0 Å². The fourth-order valence-electron chi connectivity index (χ4n) is 3.93. The highest BCUT2D eigenvalue weighted by Crippen LogP contribution is 2.27. The molecule has 0 atom stereocenters. The lowest BCUT2D eigenvalue weighted by Gasteiger charge is -2.36. The number of nitrogens with one attached hydrogen (secondary N) is 1. The molecule has 0 radical (unpaired) electrons. The van der Waals surface area contributed by atoms with E-state index in [9.17, 15) is 9.59 Å². The van der Waals surface area contributed by atoms with Gasteiger partial charge in [0.05, 0.1) is 6.26 Å². The van der Waals surface area contributed by atoms with Crippen LogP contribution in [0.1, 0.15) is 36.2 Å². The molecule has 3 heterocycles. The summed E-state index contributed by atoms with van der Waals surface area (Å²) in [5.41, 5.74) is 0.420. The first kappa shape index (κ1) is 19.1. The van der Waals surface area contributed by atoms with Crippen molar-refractivity contribution < 1.29 is 14.0 Å². The van der Waals surface area contributed by atoms with Crippen molar-refractivity contribution in [2.75, 3.05) is 39.3 Å². The molecule has 0 spiro atoms. The van der Waals surface area contributed by atoms with E-state index in [1.165, 1.54) is 24.2 Å². The third-order valence-corrected chi connectivity index (χ3v) is 6.43. The number of piperazine rings is 1. The van der Waals surface area contributed by atoms with Gasteiger partial charge in [-0.25, -0.2) is 4.98 Å². The maximum absolute atomic E-state index is 12.5. The van der Waals surface area contributed by atoms with Crippen LogP contribution < -0.4 is 5.32 Å². The van der Waals surface area contributed by atoms with Crippen LogP contribution in [0.5, 0.6) is 0 Å². The lowest BCUT2D eigenvalue weighted by molar-refractivity contribution is -0.137. The zero-order valence-corrected chi connectivity index (χ0v) is 16.7. The molecular weight excluding hydrogens is 376 g/mol. The molecule has 0 unspecified atom stereocenters. The normalized spacial score (nSPS) is 18.5. The smallest absolute Gasteiger partial charge is 0.270 e. The summed E-state index contributed by atoms with van der Waals surface area (Å²) < 4.78 is 5.31. The molecule has 2 fully saturated rings. The molecule has 1 saturated heterocycles. The SMILES string of the molecule is O=C(NCCN1CCN(C(=O)C2CCCC2)CC1)c1csc(-c2ccco2)n1. The predicted molar refractivity (Wildman–Crippen MR) is 107 cm³/mol. The Hall–Kier alpha value is -2.19. The van der Waals surface area contributed by atoms with Crippen molar-refractivity contribution in [2.24, 2.45) is 5.92 Å². The van der Waals surface area contributed by atoms with Crippen LogP contribution >= 0.6 is 11.3 Å². The first-order valence-corrected chi connectivity index (χ1v) is 10.9. The molecular formula is C20H26N4O3S. The molecule has 4 rings (SSSR count). The number of nitrogens with zero attached hydrogens (tertiary/aromatic N) is 3. The second-order valence-electron chi connectivity index (χ2n) is 7.42. The molecule has 0 aromatic carbocycles. The number of hydrogen-bond acceptors (Lipinski definition) is 6. The zero-order chi connectivity index (χ0) is 19.3. The van der Waals surface area contributed by atoms with Crippen LogP contribution in [-0.4, -0.2) is 65.9 Å². The van der Waals surface area contributed by atoms with E-state index in [0.29, 0.717) is 28.9 Å². The van der Waals surface area contributed by atoms with Gasteiger partial charge in [0, 0.05) is 50.6 Å². The summed E-state index contributed by atoms with van der Waals surface area (Å²) in [5.74, 6) is 1.12. The largest absolute Gasteiger partial charge is 0.462 e. The van der Waals surface area contributed by atoms with Crippen LogP contribution in [0, 0.1) is 5.92 Å². The summed E-state index contributed by atoms with van der Waals surface area (Å²) in [4.78, 5) is 33.4. The minimum atomic E-state index is -0.163. The maximum Gasteiger partial charge on any atom is 0.270 e. The van der Waals surface area contributed by atoms with E-state index in [4.69, 9.17) is 4.42 Å². The first-order valence-electron chi connectivity index (χ1n) is 9.99. The van der Waals surface area contributed by atoms with Gasteiger partial charge in [0.2, 0.25) is 5.91 Å². The number of furan rings is 1. The van der Waals surface area contributed by atoms with Crippen molar-refractivity contribution in [1.82, 2.24) is 20.1 Å². The fourth-order valence-corrected chi connectivity index (χ4v) is 4.70. The minimum Gasteiger partial charge on any atom is -0.462 e. The number of rotatable bonds is 6. The van der Waals surface area contributed by atoms with Crippen molar-refractivity contribution in [3.05, 3.63) is 29.5 Å². The molecule has 150 valence electrons. The van der Waals surface area contributed by atoms with Crippen molar-refractivity contribution >= 4 is 23.2 Å². The summed E-state index contributed by atoms with van der Waals surface area (Å²) in [6.07, 6.45) is 6.10. The molecule has 8 heteroatoms. The third kappa shape index (κ3) is 4.44. The van der Waals surface area contributed by atoms with Crippen LogP contribution in [0.3, 0.4) is 0 Å². The van der Waals surface area contributed by atoms with Gasteiger partial charge in [0.1, 0.15) is 5.69 Å². The summed E-state index contributed by atoms with van der Waals surface area (Å²) >= 11 is 1.40. The molecule has 2 aromatic heterocycles. The van der Waals surface area contributed by atoms with E-state index in [0.717, 1.165) is 45.6 Å². The Kier molecular flexibility index (Phi) is 6.07. The van der Waals surface area contributed by atoms with E-state index >= 15 is 0 Å². The number of hydrogen-bond donors (Lipinski definition) is 1. The first-order chi connectivity index (χ1) is 13.7. The van der Waals surface area contributed by atoms with Gasteiger partial charge in [-0.1, -0.05) is 12.8 Å². The Balaban J connectivity index is 1.18. The number of aromatic nitrogens is 1. The summed E-state index contributed by atoms with van der Waals surface area (Å²) in [6, 6.07) is 3.63. The highest BCUT2D eigenvalue weighted by atomic mass is 32.1. The highest BCUT2D eigenvalue weighted by molar-refractivity contribution is 7.13. The molecule has 1 N–H and O–H groups in total. The maximum atomic E-state index is 12.5. The van der Waals surface area contributed by atoms with Gasteiger partial charge < -0.3 is 14.6 Å². The molecule has 28 heavy (non-hydrogen) atoms. The van der Waals surface area contributed by atoms with E-state index < -0.39 is 0 Å². The summed E-state index contributed by atoms with van der Waals surface area (Å²) in [7, 11) is 0. The van der Waals surface area contributed by atoms with Crippen molar-refractivity contribution in [3.8, 4) is 10.8 Å². The second-order valence-corrected chi connectivity index (χ2v) is 8.28. The van der Waals surface area contributed by atoms with Crippen molar-refractivity contribution in [2.45, 2.75) is 25.7 Å². The number of carbonyl (C=O) groups excluding carboxylic acids is 2. The average molecular weight is 403 g/mol. The van der Waals surface area contributed by atoms with Gasteiger partial charge in [-0.2, -0.15) is 0 Å². The fraction of sp³-hybridized carbons (Fsp3) is 0.550. The monoisotopic (exact) mass is 402 g/mol. The van der Waals surface area contributed by atoms with Crippen LogP contribution in [0.4, 0.5) is 0 Å². The van der Waals surface area contributed by atoms with E-state index in [1.807, 2.05) is 11.0 Å². The van der Waals surface area contributed by atoms with Gasteiger partial charge in [-0.15, -0.1) is 11.3 Å². The lowest BCUT2D eigenvalue weighted by atomic mass is 10.1. The quantitative estimate of drug-likeness (QED) is 0.803. The van der Waals surface area contributed by atoms with Gasteiger partial charge in [0.15, 0.2) is 10.8 Å². The number of thiazole rings is 1. The molecule has 1 saturated carbocycles. The second kappa shape index (κ2) is 8.87. The van der Waals surface area contributed by atoms with Crippen molar-refractivity contribution in [1.29, 1.82) is 0 Å². The molecule has 1 aliphatic heterocycles. The highest BCUT2D eigenvalue weighted by Gasteiger charge is 2.29. The van der Waals surface area contributed by atoms with Gasteiger partial charge >= 0.3 is 0 Å². The molecule has 2 aromatic rings. The summed E-state index contributed by atoms with van der Waals surface area (Å²) in [5, 5.41) is 5.39. The Morgan fingerprint density at radius 2 is 2.00 bits per heavy atom. The van der Waals surface area contributed by atoms with Gasteiger partial charge in [0.25, 0.3) is 5.91 Å². The molecule has 0 bridgehead atoms. The van der Waals surface area contributed by atoms with E-state index in [-0.39, 0.29) is 11.8 Å². The Bertz CT molecular complexity index is 790. The Morgan fingerprint density at radius 1 is 1.21 bits per heavy atom. The number of carbonyl (C=O) groups is 2. The van der Waals surface area contributed by atoms with Crippen LogP contribution in [-0.2, 0) is 4.79 Å². The standard InChI is InChI=1S/C20H26N4O3S/c25-18(16-14-28-19(22-16)17-6-3-13-27-17)21-7-8-23-9-11-24(12-10-23)20(26)15-4-1-2-5-15/h3,6,13-15H,1-2,4-5,7-12H2,(H,21,25). The molecule has 2 amide bonds.